The van der Waals surface area contributed by atoms with Gasteiger partial charge in [0.2, 0.25) is 0 Å². The molecule has 0 nitrogen and oxygen atoms in total. The molecule has 5 aromatic carbocycles. The molecular formula is C44H32. The van der Waals surface area contributed by atoms with Crippen LogP contribution in [-0.2, 0) is 6.42 Å². The molecule has 10 rings (SSSR count). The van der Waals surface area contributed by atoms with Crippen LogP contribution in [0.1, 0.15) is 74.4 Å². The van der Waals surface area contributed by atoms with E-state index in [0.717, 1.165) is 19.3 Å². The van der Waals surface area contributed by atoms with Crippen molar-refractivity contribution in [2.45, 2.75) is 39.0 Å². The topological polar surface area (TPSA) is 0 Å². The quantitative estimate of drug-likeness (QED) is 0.191. The molecule has 0 amide bonds. The number of rotatable bonds is 1. The van der Waals surface area contributed by atoms with Crippen molar-refractivity contribution >= 4 is 33.6 Å². The van der Waals surface area contributed by atoms with E-state index >= 15 is 0 Å². The highest BCUT2D eigenvalue weighted by molar-refractivity contribution is 6.18. The van der Waals surface area contributed by atoms with Crippen LogP contribution < -0.4 is 0 Å². The zero-order valence-electron chi connectivity index (χ0n) is 25.2. The molecule has 5 aromatic rings. The van der Waals surface area contributed by atoms with Gasteiger partial charge in [0.1, 0.15) is 0 Å². The van der Waals surface area contributed by atoms with Gasteiger partial charge in [-0.25, -0.2) is 0 Å². The minimum Gasteiger partial charge on any atom is -0.0804 e. The van der Waals surface area contributed by atoms with Crippen LogP contribution in [0, 0.1) is 13.8 Å². The van der Waals surface area contributed by atoms with Crippen molar-refractivity contribution in [3.8, 4) is 11.1 Å². The molecule has 0 heterocycles. The van der Waals surface area contributed by atoms with E-state index in [2.05, 4.69) is 129 Å². The molecule has 5 aliphatic carbocycles. The second-order valence-corrected chi connectivity index (χ2v) is 13.1. The van der Waals surface area contributed by atoms with Crippen LogP contribution in [0.4, 0.5) is 0 Å². The van der Waals surface area contributed by atoms with Crippen molar-refractivity contribution < 1.29 is 0 Å². The van der Waals surface area contributed by atoms with Gasteiger partial charge in [-0.15, -0.1) is 0 Å². The number of allylic oxidation sites excluding steroid dienone is 8. The molecule has 0 bridgehead atoms. The molecule has 5 aliphatic rings. The first kappa shape index (κ1) is 24.5. The van der Waals surface area contributed by atoms with Gasteiger partial charge >= 0.3 is 0 Å². The maximum absolute atomic E-state index is 2.57. The van der Waals surface area contributed by atoms with Gasteiger partial charge in [0.15, 0.2) is 0 Å². The monoisotopic (exact) mass is 560 g/mol. The maximum atomic E-state index is 2.57. The number of fused-ring (bicyclic) bond motifs is 8. The van der Waals surface area contributed by atoms with E-state index in [1.54, 1.807) is 5.57 Å². The molecule has 0 aliphatic heterocycles. The first-order valence-electron chi connectivity index (χ1n) is 16.1. The van der Waals surface area contributed by atoms with E-state index < -0.39 is 0 Å². The van der Waals surface area contributed by atoms with Gasteiger partial charge in [-0.1, -0.05) is 103 Å². The molecule has 1 atom stereocenters. The van der Waals surface area contributed by atoms with Crippen molar-refractivity contribution in [2.24, 2.45) is 0 Å². The van der Waals surface area contributed by atoms with Gasteiger partial charge < -0.3 is 0 Å². The van der Waals surface area contributed by atoms with Gasteiger partial charge in [0.25, 0.3) is 0 Å². The molecule has 208 valence electrons. The summed E-state index contributed by atoms with van der Waals surface area (Å²) in [6, 6.07) is 32.0. The van der Waals surface area contributed by atoms with Crippen LogP contribution in [0.25, 0.3) is 44.7 Å². The van der Waals surface area contributed by atoms with E-state index in [0.29, 0.717) is 5.92 Å². The Morgan fingerprint density at radius 2 is 1.45 bits per heavy atom. The van der Waals surface area contributed by atoms with E-state index in [9.17, 15) is 0 Å². The fourth-order valence-electron chi connectivity index (χ4n) is 9.07. The smallest absolute Gasteiger partial charge is 0.0143 e. The first-order chi connectivity index (χ1) is 21.7. The van der Waals surface area contributed by atoms with Crippen LogP contribution in [0.5, 0.6) is 0 Å². The Balaban J connectivity index is 1.24. The fourth-order valence-corrected chi connectivity index (χ4v) is 9.07. The Hall–Kier alpha value is -4.94. The summed E-state index contributed by atoms with van der Waals surface area (Å²) >= 11 is 0. The lowest BCUT2D eigenvalue weighted by atomic mass is 9.80. The summed E-state index contributed by atoms with van der Waals surface area (Å²) in [6.45, 7) is 4.76. The zero-order valence-corrected chi connectivity index (χ0v) is 25.2. The molecular weight excluding hydrogens is 528 g/mol. The van der Waals surface area contributed by atoms with Crippen molar-refractivity contribution in [2.75, 3.05) is 0 Å². The van der Waals surface area contributed by atoms with Gasteiger partial charge in [0, 0.05) is 5.92 Å². The Bertz CT molecular complexity index is 2290. The molecule has 0 radical (unpaired) electrons. The summed E-state index contributed by atoms with van der Waals surface area (Å²) < 4.78 is 0. The van der Waals surface area contributed by atoms with E-state index in [4.69, 9.17) is 0 Å². The fraction of sp³-hybridized carbons (Fsp3) is 0.136. The molecule has 0 spiro atoms. The third-order valence-electron chi connectivity index (χ3n) is 11.0. The summed E-state index contributed by atoms with van der Waals surface area (Å²) in [5, 5.41) is 2.82. The summed E-state index contributed by atoms with van der Waals surface area (Å²) in [5.74, 6) is 0.417. The first-order valence-corrected chi connectivity index (χ1v) is 16.1. The highest BCUT2D eigenvalue weighted by Crippen LogP contribution is 2.57. The predicted octanol–water partition coefficient (Wildman–Crippen LogP) is 11.2. The van der Waals surface area contributed by atoms with Gasteiger partial charge in [-0.3, -0.25) is 0 Å². The van der Waals surface area contributed by atoms with Crippen molar-refractivity contribution in [1.29, 1.82) is 0 Å². The van der Waals surface area contributed by atoms with Crippen LogP contribution in [0.2, 0.25) is 0 Å². The van der Waals surface area contributed by atoms with Crippen LogP contribution in [0.3, 0.4) is 0 Å². The third-order valence-corrected chi connectivity index (χ3v) is 11.0. The molecule has 0 heteroatoms. The Morgan fingerprint density at radius 1 is 0.682 bits per heavy atom. The van der Waals surface area contributed by atoms with Crippen molar-refractivity contribution in [3.05, 3.63) is 176 Å². The lowest BCUT2D eigenvalue weighted by Gasteiger charge is -2.24. The lowest BCUT2D eigenvalue weighted by molar-refractivity contribution is 0.841. The second-order valence-electron chi connectivity index (χ2n) is 13.1. The molecule has 0 saturated carbocycles. The summed E-state index contributed by atoms with van der Waals surface area (Å²) in [4.78, 5) is 0. The summed E-state index contributed by atoms with van der Waals surface area (Å²) in [7, 11) is 0. The highest BCUT2D eigenvalue weighted by Gasteiger charge is 2.37. The van der Waals surface area contributed by atoms with Crippen molar-refractivity contribution in [3.63, 3.8) is 0 Å². The molecule has 0 aromatic heterocycles. The molecule has 0 fully saturated rings. The molecule has 0 saturated heterocycles. The van der Waals surface area contributed by atoms with Crippen LogP contribution >= 0.6 is 0 Å². The molecule has 0 N–H and O–H groups in total. The number of hydrogen-bond acceptors (Lipinski definition) is 0. The Labute approximate surface area is 259 Å². The standard InChI is InChI=1S/C44H32/c1-25-36-24-39-34-20-19-31(27-11-4-3-5-12-27)32-17-10-18-33(44(32)34)38(39)23-37(36)26(2)42-40-22-29-14-7-6-13-28(29)21-30-15-8-9-16-35(41(25)42)43(30)40/h3-14,16-19,22-24,34H,15,20-21H2,1-2H3. The number of hydrogen-bond donors (Lipinski definition) is 0. The summed E-state index contributed by atoms with van der Waals surface area (Å²) in [6.07, 6.45) is 15.1. The third kappa shape index (κ3) is 3.13. The number of benzene rings is 5. The minimum atomic E-state index is 0.417. The average Bonchev–Trinajstić information content (AvgIpc) is 3.38. The van der Waals surface area contributed by atoms with Gasteiger partial charge in [-0.2, -0.15) is 0 Å². The molecule has 1 unspecified atom stereocenters. The minimum absolute atomic E-state index is 0.417. The lowest BCUT2D eigenvalue weighted by Crippen LogP contribution is -2.06. The maximum Gasteiger partial charge on any atom is 0.0143 e. The normalized spacial score (nSPS) is 18.4. The van der Waals surface area contributed by atoms with E-state index in [1.807, 2.05) is 0 Å². The Kier molecular flexibility index (Phi) is 4.90. The predicted molar refractivity (Wildman–Crippen MR) is 186 cm³/mol. The summed E-state index contributed by atoms with van der Waals surface area (Å²) in [5.41, 5.74) is 24.4. The molecule has 44 heavy (non-hydrogen) atoms. The average molecular weight is 561 g/mol. The Morgan fingerprint density at radius 3 is 2.34 bits per heavy atom. The van der Waals surface area contributed by atoms with Gasteiger partial charge in [0.05, 0.1) is 0 Å². The van der Waals surface area contributed by atoms with Crippen molar-refractivity contribution in [1.82, 2.24) is 0 Å². The number of aryl methyl sites for hydroxylation is 2. The van der Waals surface area contributed by atoms with E-state index in [1.165, 1.54) is 99.8 Å². The second kappa shape index (κ2) is 8.80. The van der Waals surface area contributed by atoms with Gasteiger partial charge in [-0.05, 0) is 151 Å². The SMILES string of the molecule is Cc1c2c(c(C)c3cc4c(cc13)-c1cccc3c1C4CC=C3c1ccccc1)C1=CC=CCC3=C1C2=Cc1ccccc1C3. The highest BCUT2D eigenvalue weighted by atomic mass is 14.4. The zero-order chi connectivity index (χ0) is 29.1. The van der Waals surface area contributed by atoms with E-state index in [-0.39, 0.29) is 0 Å². The largest absolute Gasteiger partial charge is 0.0804 e. The van der Waals surface area contributed by atoms with Crippen LogP contribution in [-0.4, -0.2) is 0 Å². The van der Waals surface area contributed by atoms with Crippen LogP contribution in [0.15, 0.2) is 120 Å².